The molecule has 0 bridgehead atoms. The topological polar surface area (TPSA) is 157 Å². The SMILES string of the molecule is Cc1c(C)c(C)c2c(c1C)CCCN2c1nccn2c(N)nnc12.Cc1c(C)c(C)c2c(c1C)CCCN2c1nccn2c(NC(=O)OC(C)C)nnc12. The van der Waals surface area contributed by atoms with Crippen LogP contribution in [0.3, 0.4) is 0 Å². The molecular formula is C40H50N12O2. The number of hydrogen-bond acceptors (Lipinski definition) is 11. The van der Waals surface area contributed by atoms with Gasteiger partial charge in [0.1, 0.15) is 0 Å². The summed E-state index contributed by atoms with van der Waals surface area (Å²) in [6, 6.07) is 0. The number of rotatable bonds is 4. The number of hydrogen-bond donors (Lipinski definition) is 2. The molecule has 0 atom stereocenters. The quantitative estimate of drug-likeness (QED) is 0.186. The van der Waals surface area contributed by atoms with Crippen LogP contribution in [0.25, 0.3) is 11.3 Å². The number of nitrogens with one attached hydrogen (secondary N) is 1. The number of carbonyl (C=O) groups is 1. The molecule has 54 heavy (non-hydrogen) atoms. The predicted octanol–water partition coefficient (Wildman–Crippen LogP) is 7.42. The van der Waals surface area contributed by atoms with Crippen molar-refractivity contribution < 1.29 is 9.53 Å². The zero-order chi connectivity index (χ0) is 38.6. The van der Waals surface area contributed by atoms with Crippen molar-refractivity contribution in [3.63, 3.8) is 0 Å². The van der Waals surface area contributed by atoms with Crippen molar-refractivity contribution in [1.29, 1.82) is 0 Å². The van der Waals surface area contributed by atoms with Gasteiger partial charge in [0.25, 0.3) is 0 Å². The van der Waals surface area contributed by atoms with E-state index in [1.807, 2.05) is 0 Å². The van der Waals surface area contributed by atoms with Crippen molar-refractivity contribution in [1.82, 2.24) is 39.2 Å². The van der Waals surface area contributed by atoms with Crippen molar-refractivity contribution in [3.05, 3.63) is 80.4 Å². The second-order valence-corrected chi connectivity index (χ2v) is 14.7. The van der Waals surface area contributed by atoms with E-state index >= 15 is 0 Å². The van der Waals surface area contributed by atoms with E-state index < -0.39 is 6.09 Å². The molecule has 0 radical (unpaired) electrons. The second kappa shape index (κ2) is 14.2. The zero-order valence-electron chi connectivity index (χ0n) is 33.0. The zero-order valence-corrected chi connectivity index (χ0v) is 33.0. The third kappa shape index (κ3) is 6.12. The molecule has 282 valence electrons. The van der Waals surface area contributed by atoms with Crippen molar-refractivity contribution in [2.24, 2.45) is 0 Å². The van der Waals surface area contributed by atoms with Crippen LogP contribution >= 0.6 is 0 Å². The first-order valence-corrected chi connectivity index (χ1v) is 18.7. The number of nitrogens with zero attached hydrogens (tertiary/aromatic N) is 10. The lowest BCUT2D eigenvalue weighted by Gasteiger charge is -2.34. The van der Waals surface area contributed by atoms with Crippen LogP contribution in [0.15, 0.2) is 24.8 Å². The minimum Gasteiger partial charge on any atom is -0.447 e. The Morgan fingerprint density at radius 2 is 1.13 bits per heavy atom. The molecule has 8 rings (SSSR count). The Morgan fingerprint density at radius 1 is 0.667 bits per heavy atom. The summed E-state index contributed by atoms with van der Waals surface area (Å²) in [5.41, 5.74) is 23.3. The van der Waals surface area contributed by atoms with Crippen molar-refractivity contribution in [2.45, 2.75) is 101 Å². The van der Waals surface area contributed by atoms with Gasteiger partial charge in [-0.05, 0) is 151 Å². The maximum Gasteiger partial charge on any atom is 0.414 e. The second-order valence-electron chi connectivity index (χ2n) is 14.7. The largest absolute Gasteiger partial charge is 0.447 e. The average molecular weight is 731 g/mol. The van der Waals surface area contributed by atoms with E-state index in [1.165, 1.54) is 67.0 Å². The van der Waals surface area contributed by atoms with E-state index in [0.29, 0.717) is 23.2 Å². The van der Waals surface area contributed by atoms with Crippen molar-refractivity contribution >= 4 is 52.3 Å². The van der Waals surface area contributed by atoms with E-state index in [-0.39, 0.29) is 6.10 Å². The Morgan fingerprint density at radius 3 is 1.65 bits per heavy atom. The van der Waals surface area contributed by atoms with Crippen LogP contribution < -0.4 is 20.9 Å². The van der Waals surface area contributed by atoms with Crippen LogP contribution in [0.1, 0.15) is 82.3 Å². The van der Waals surface area contributed by atoms with Crippen LogP contribution in [0.4, 0.5) is 39.7 Å². The highest BCUT2D eigenvalue weighted by Gasteiger charge is 2.29. The van der Waals surface area contributed by atoms with Gasteiger partial charge in [0, 0.05) is 49.3 Å². The molecule has 14 nitrogen and oxygen atoms in total. The van der Waals surface area contributed by atoms with Crippen LogP contribution in [-0.2, 0) is 17.6 Å². The lowest BCUT2D eigenvalue weighted by molar-refractivity contribution is 0.129. The highest BCUT2D eigenvalue weighted by molar-refractivity contribution is 5.85. The fraction of sp³-hybridized carbons (Fsp3) is 0.425. The first-order valence-electron chi connectivity index (χ1n) is 18.7. The monoisotopic (exact) mass is 730 g/mol. The number of amides is 1. The summed E-state index contributed by atoms with van der Waals surface area (Å²) in [5, 5.41) is 19.4. The maximum atomic E-state index is 12.0. The number of nitrogen functional groups attached to an aromatic ring is 1. The van der Waals surface area contributed by atoms with Gasteiger partial charge in [0.15, 0.2) is 11.6 Å². The summed E-state index contributed by atoms with van der Waals surface area (Å²) < 4.78 is 8.69. The fourth-order valence-corrected chi connectivity index (χ4v) is 8.00. The lowest BCUT2D eigenvalue weighted by atomic mass is 9.87. The summed E-state index contributed by atoms with van der Waals surface area (Å²) in [7, 11) is 0. The number of benzene rings is 2. The normalized spacial score (nSPS) is 13.9. The molecule has 2 aliphatic heterocycles. The van der Waals surface area contributed by atoms with Crippen LogP contribution in [0, 0.1) is 55.4 Å². The fourth-order valence-electron chi connectivity index (χ4n) is 8.00. The van der Waals surface area contributed by atoms with E-state index in [2.05, 4.69) is 101 Å². The number of fused-ring (bicyclic) bond motifs is 4. The van der Waals surface area contributed by atoms with E-state index in [1.54, 1.807) is 47.4 Å². The van der Waals surface area contributed by atoms with E-state index in [4.69, 9.17) is 10.5 Å². The smallest absolute Gasteiger partial charge is 0.414 e. The van der Waals surface area contributed by atoms with E-state index in [9.17, 15) is 4.79 Å². The highest BCUT2D eigenvalue weighted by atomic mass is 16.6. The average Bonchev–Trinajstić information content (AvgIpc) is 3.76. The third-order valence-electron chi connectivity index (χ3n) is 11.4. The highest BCUT2D eigenvalue weighted by Crippen LogP contribution is 2.42. The van der Waals surface area contributed by atoms with Gasteiger partial charge in [-0.1, -0.05) is 0 Å². The summed E-state index contributed by atoms with van der Waals surface area (Å²) in [6.07, 6.45) is 10.6. The Kier molecular flexibility index (Phi) is 9.63. The number of anilines is 6. The Hall–Kier alpha value is -5.79. The number of ether oxygens (including phenoxy) is 1. The molecule has 0 spiro atoms. The molecule has 0 saturated heterocycles. The van der Waals surface area contributed by atoms with Crippen LogP contribution in [0.2, 0.25) is 0 Å². The van der Waals surface area contributed by atoms with Crippen molar-refractivity contribution in [3.8, 4) is 0 Å². The summed E-state index contributed by atoms with van der Waals surface area (Å²) >= 11 is 0. The number of aromatic nitrogens is 8. The maximum absolute atomic E-state index is 12.0. The molecule has 0 fully saturated rings. The molecule has 2 aromatic carbocycles. The van der Waals surface area contributed by atoms with Gasteiger partial charge in [-0.3, -0.25) is 14.1 Å². The van der Waals surface area contributed by atoms with E-state index in [0.717, 1.165) is 50.4 Å². The predicted molar refractivity (Wildman–Crippen MR) is 213 cm³/mol. The third-order valence-corrected chi connectivity index (χ3v) is 11.4. The molecular weight excluding hydrogens is 681 g/mol. The first kappa shape index (κ1) is 36.6. The molecule has 4 aromatic heterocycles. The van der Waals surface area contributed by atoms with Crippen LogP contribution in [-0.4, -0.2) is 64.5 Å². The van der Waals surface area contributed by atoms with Gasteiger partial charge < -0.3 is 20.3 Å². The minimum absolute atomic E-state index is 0.218. The Bertz CT molecular complexity index is 2430. The molecule has 6 heterocycles. The standard InChI is InChI=1S/C22H28N6O2.C18H22N6/c1-12(2)30-22(29)24-21-26-25-20-19(23-9-11-28(20)21)27-10-7-8-17-15(5)13(3)14(4)16(6)18(17)27;1-10-11(2)13(4)15-14(12(10)3)6-5-8-23(15)16-17-21-22-18(19)24(17)9-7-20-16/h9,11-12H,7-8,10H2,1-6H3,(H,24,26,29);7,9H,5-6,8H2,1-4H3,(H2,19,22). The molecule has 3 N–H and O–H groups in total. The Balaban J connectivity index is 0.000000171. The van der Waals surface area contributed by atoms with Gasteiger partial charge in [-0.2, -0.15) is 0 Å². The summed E-state index contributed by atoms with van der Waals surface area (Å²) in [4.78, 5) is 25.8. The van der Waals surface area contributed by atoms with Crippen LogP contribution in [0.5, 0.6) is 0 Å². The molecule has 6 aromatic rings. The number of carbonyl (C=O) groups excluding carboxylic acids is 1. The molecule has 1 amide bonds. The van der Waals surface area contributed by atoms with Gasteiger partial charge in [0.05, 0.1) is 6.10 Å². The van der Waals surface area contributed by atoms with Gasteiger partial charge in [-0.15, -0.1) is 20.4 Å². The molecule has 0 saturated carbocycles. The van der Waals surface area contributed by atoms with Gasteiger partial charge >= 0.3 is 6.09 Å². The summed E-state index contributed by atoms with van der Waals surface area (Å²) in [6.45, 7) is 23.0. The van der Waals surface area contributed by atoms with Crippen molar-refractivity contribution in [2.75, 3.05) is 33.9 Å². The Labute approximate surface area is 315 Å². The molecule has 0 aliphatic carbocycles. The summed E-state index contributed by atoms with van der Waals surface area (Å²) in [5.74, 6) is 2.26. The minimum atomic E-state index is -0.557. The molecule has 0 unspecified atom stereocenters. The van der Waals surface area contributed by atoms with Gasteiger partial charge in [0.2, 0.25) is 23.2 Å². The lowest BCUT2D eigenvalue weighted by Crippen LogP contribution is -2.28. The first-order chi connectivity index (χ1) is 25.8. The molecule has 14 heteroatoms. The number of nitrogens with two attached hydrogens (primary N) is 1. The van der Waals surface area contributed by atoms with Gasteiger partial charge in [-0.25, -0.2) is 14.8 Å². The molecule has 2 aliphatic rings.